The molecule has 0 fully saturated rings. The molecule has 0 heterocycles. The number of carboxylic acid groups (broad SMARTS) is 1. The molecule has 8 heteroatoms. The van der Waals surface area contributed by atoms with Crippen LogP contribution in [0.15, 0.2) is 36.5 Å². The van der Waals surface area contributed by atoms with Gasteiger partial charge in [0.05, 0.1) is 46.7 Å². The molecule has 0 aliphatic rings. The van der Waals surface area contributed by atoms with E-state index in [1.165, 1.54) is 116 Å². The Morgan fingerprint density at radius 1 is 0.574 bits per heavy atom. The number of aliphatic carboxylic acids is 1. The number of allylic oxidation sites excluding steroid dienone is 5. The number of ether oxygens (including phenoxy) is 3. The summed E-state index contributed by atoms with van der Waals surface area (Å²) in [6.45, 7) is 4.44. The van der Waals surface area contributed by atoms with Crippen LogP contribution in [0.5, 0.6) is 0 Å². The van der Waals surface area contributed by atoms with Crippen LogP contribution in [-0.4, -0.2) is 75.5 Å². The maximum Gasteiger partial charge on any atom is 0.310 e. The molecule has 0 aliphatic heterocycles. The van der Waals surface area contributed by atoms with Crippen LogP contribution < -0.4 is 5.11 Å². The summed E-state index contributed by atoms with van der Waals surface area (Å²) in [5, 5.41) is 11.6. The summed E-state index contributed by atoms with van der Waals surface area (Å²) < 4.78 is 17.0. The summed E-state index contributed by atoms with van der Waals surface area (Å²) in [4.78, 5) is 36.6. The molecule has 0 radical (unpaired) electrons. The van der Waals surface area contributed by atoms with Crippen LogP contribution in [0, 0.1) is 0 Å². The number of esters is 2. The molecule has 0 aromatic heterocycles. The van der Waals surface area contributed by atoms with Crippen molar-refractivity contribution in [3.05, 3.63) is 36.5 Å². The van der Waals surface area contributed by atoms with Crippen LogP contribution in [0.1, 0.15) is 187 Å². The Bertz CT molecular complexity index is 984. The van der Waals surface area contributed by atoms with E-state index in [4.69, 9.17) is 14.2 Å². The molecule has 0 spiro atoms. The maximum atomic E-state index is 12.6. The van der Waals surface area contributed by atoms with Gasteiger partial charge in [0.15, 0.2) is 6.10 Å². The number of likely N-dealkylation sites (N-methyl/N-ethyl adjacent to an activating group) is 1. The van der Waals surface area contributed by atoms with Gasteiger partial charge in [-0.1, -0.05) is 179 Å². The van der Waals surface area contributed by atoms with E-state index in [1.807, 2.05) is 6.08 Å². The molecule has 0 N–H and O–H groups in total. The molecule has 54 heavy (non-hydrogen) atoms. The van der Waals surface area contributed by atoms with Gasteiger partial charge < -0.3 is 28.6 Å². The van der Waals surface area contributed by atoms with Gasteiger partial charge in [0.2, 0.25) is 0 Å². The largest absolute Gasteiger partial charge is 0.544 e. The van der Waals surface area contributed by atoms with Crippen LogP contribution in [0.2, 0.25) is 0 Å². The predicted molar refractivity (Wildman–Crippen MR) is 222 cm³/mol. The van der Waals surface area contributed by atoms with Gasteiger partial charge in [0.25, 0.3) is 0 Å². The highest BCUT2D eigenvalue weighted by molar-refractivity contribution is 5.71. The average Bonchev–Trinajstić information content (AvgIpc) is 3.12. The maximum absolute atomic E-state index is 12.6. The van der Waals surface area contributed by atoms with Crippen LogP contribution in [0.4, 0.5) is 0 Å². The van der Waals surface area contributed by atoms with Gasteiger partial charge in [-0.05, 0) is 25.7 Å². The Labute approximate surface area is 332 Å². The normalized spacial score (nSPS) is 13.3. The first-order valence-corrected chi connectivity index (χ1v) is 22.0. The number of carbonyl (C=O) groups excluding carboxylic acids is 3. The standard InChI is InChI=1S/C46H83NO7/c1-6-8-10-12-14-16-17-18-19-20-21-22-23-24-25-26-27-29-30-32-34-36-44(48)53-41-42(40-52-39-38-43(46(50)51)47(3,4)5)54-45(49)37-35-33-31-28-15-13-11-9-7-2/h9,11,15,28,33,35,42-43H,6-8,10,12-14,16-27,29-32,34,36-41H2,1-5H3/b11-9+,28-15+,35-33+. The summed E-state index contributed by atoms with van der Waals surface area (Å²) in [5.41, 5.74) is 0. The van der Waals surface area contributed by atoms with E-state index in [2.05, 4.69) is 38.2 Å². The Kier molecular flexibility index (Phi) is 35.8. The molecule has 0 amide bonds. The van der Waals surface area contributed by atoms with Crippen molar-refractivity contribution in [3.8, 4) is 0 Å². The van der Waals surface area contributed by atoms with Crippen molar-refractivity contribution in [1.82, 2.24) is 0 Å². The number of hydrogen-bond donors (Lipinski definition) is 0. The molecule has 0 aromatic rings. The lowest BCUT2D eigenvalue weighted by Gasteiger charge is -2.34. The second-order valence-electron chi connectivity index (χ2n) is 15.9. The molecule has 0 aliphatic carbocycles. The number of carbonyl (C=O) groups is 3. The number of hydrogen-bond acceptors (Lipinski definition) is 7. The smallest absolute Gasteiger partial charge is 0.310 e. The van der Waals surface area contributed by atoms with Crippen LogP contribution in [0.3, 0.4) is 0 Å². The molecule has 2 unspecified atom stereocenters. The molecular weight excluding hydrogens is 679 g/mol. The first kappa shape index (κ1) is 51.5. The minimum Gasteiger partial charge on any atom is -0.544 e. The summed E-state index contributed by atoms with van der Waals surface area (Å²) in [5.74, 6) is -1.88. The summed E-state index contributed by atoms with van der Waals surface area (Å²) >= 11 is 0. The molecule has 8 nitrogen and oxygen atoms in total. The van der Waals surface area contributed by atoms with Gasteiger partial charge in [-0.15, -0.1) is 0 Å². The third-order valence-electron chi connectivity index (χ3n) is 9.82. The van der Waals surface area contributed by atoms with Crippen LogP contribution in [0.25, 0.3) is 0 Å². The van der Waals surface area contributed by atoms with Crippen molar-refractivity contribution in [3.63, 3.8) is 0 Å². The van der Waals surface area contributed by atoms with E-state index in [0.717, 1.165) is 38.5 Å². The lowest BCUT2D eigenvalue weighted by molar-refractivity contribution is -0.889. The second-order valence-corrected chi connectivity index (χ2v) is 15.9. The fourth-order valence-corrected chi connectivity index (χ4v) is 6.43. The fraction of sp³-hybridized carbons (Fsp3) is 0.804. The Balaban J connectivity index is 4.20. The summed E-state index contributed by atoms with van der Waals surface area (Å²) in [7, 11) is 5.37. The third-order valence-corrected chi connectivity index (χ3v) is 9.82. The number of nitrogens with zero attached hydrogens (tertiary/aromatic N) is 1. The molecule has 2 atom stereocenters. The highest BCUT2D eigenvalue weighted by Gasteiger charge is 2.25. The van der Waals surface area contributed by atoms with Gasteiger partial charge in [-0.25, -0.2) is 0 Å². The highest BCUT2D eigenvalue weighted by Crippen LogP contribution is 2.16. The fourth-order valence-electron chi connectivity index (χ4n) is 6.43. The molecule has 0 rings (SSSR count). The lowest BCUT2D eigenvalue weighted by atomic mass is 10.0. The Hall–Kier alpha value is -2.45. The zero-order valence-corrected chi connectivity index (χ0v) is 35.6. The zero-order valence-electron chi connectivity index (χ0n) is 35.6. The van der Waals surface area contributed by atoms with E-state index < -0.39 is 24.1 Å². The Morgan fingerprint density at radius 3 is 1.46 bits per heavy atom. The van der Waals surface area contributed by atoms with Crippen LogP contribution >= 0.6 is 0 Å². The minimum atomic E-state index is -1.14. The van der Waals surface area contributed by atoms with Gasteiger partial charge in [0.1, 0.15) is 12.6 Å². The monoisotopic (exact) mass is 762 g/mol. The average molecular weight is 762 g/mol. The predicted octanol–water partition coefficient (Wildman–Crippen LogP) is 10.5. The van der Waals surface area contributed by atoms with Gasteiger partial charge in [-0.3, -0.25) is 9.59 Å². The van der Waals surface area contributed by atoms with Crippen molar-refractivity contribution >= 4 is 17.9 Å². The number of unbranched alkanes of at least 4 members (excludes halogenated alkanes) is 20. The topological polar surface area (TPSA) is 102 Å². The van der Waals surface area contributed by atoms with E-state index in [0.29, 0.717) is 6.42 Å². The quantitative estimate of drug-likeness (QED) is 0.0266. The van der Waals surface area contributed by atoms with E-state index in [9.17, 15) is 19.5 Å². The minimum absolute atomic E-state index is 0.00696. The third kappa shape index (κ3) is 35.3. The van der Waals surface area contributed by atoms with E-state index in [1.54, 1.807) is 27.2 Å². The molecule has 0 bridgehead atoms. The number of carboxylic acids is 1. The summed E-state index contributed by atoms with van der Waals surface area (Å²) in [6.07, 6.45) is 42.3. The first-order chi connectivity index (χ1) is 26.1. The Morgan fingerprint density at radius 2 is 1.02 bits per heavy atom. The molecule has 0 saturated heterocycles. The van der Waals surface area contributed by atoms with Crippen molar-refractivity contribution in [2.24, 2.45) is 0 Å². The highest BCUT2D eigenvalue weighted by atomic mass is 16.6. The molecule has 314 valence electrons. The van der Waals surface area contributed by atoms with Gasteiger partial charge in [0, 0.05) is 12.8 Å². The van der Waals surface area contributed by atoms with Crippen molar-refractivity contribution in [2.45, 2.75) is 199 Å². The zero-order chi connectivity index (χ0) is 40.0. The van der Waals surface area contributed by atoms with Crippen molar-refractivity contribution in [2.75, 3.05) is 41.0 Å². The lowest BCUT2D eigenvalue weighted by Crippen LogP contribution is -2.55. The SMILES string of the molecule is CC/C=C/C/C=C/C/C=C/CC(=O)OC(COCCC(C(=O)[O-])[N+](C)(C)C)COC(=O)CCCCCCCCCCCCCCCCCCCCCCC. The number of rotatable bonds is 39. The first-order valence-electron chi connectivity index (χ1n) is 22.0. The summed E-state index contributed by atoms with van der Waals surface area (Å²) in [6, 6.07) is -0.736. The molecular formula is C46H83NO7. The van der Waals surface area contributed by atoms with Gasteiger partial charge >= 0.3 is 11.9 Å². The van der Waals surface area contributed by atoms with Crippen molar-refractivity contribution < 1.29 is 38.2 Å². The van der Waals surface area contributed by atoms with E-state index >= 15 is 0 Å². The second kappa shape index (κ2) is 37.5. The van der Waals surface area contributed by atoms with Gasteiger partial charge in [-0.2, -0.15) is 0 Å². The molecule has 0 aromatic carbocycles. The van der Waals surface area contributed by atoms with Crippen LogP contribution in [-0.2, 0) is 28.6 Å². The van der Waals surface area contributed by atoms with Crippen molar-refractivity contribution in [1.29, 1.82) is 0 Å². The van der Waals surface area contributed by atoms with E-state index in [-0.39, 0.29) is 43.1 Å². The number of quaternary nitrogens is 1. The molecule has 0 saturated carbocycles.